The van der Waals surface area contributed by atoms with Gasteiger partial charge in [-0.15, -0.1) is 0 Å². The van der Waals surface area contributed by atoms with Crippen molar-refractivity contribution in [1.82, 2.24) is 0 Å². The molecule has 2 aromatic rings. The molecule has 0 spiro atoms. The van der Waals surface area contributed by atoms with Crippen molar-refractivity contribution in [1.29, 1.82) is 0 Å². The SMILES string of the molecule is CCOc1ccc([C@H]([NH3+])c2ccc(C)cc2)cc1. The molecule has 2 nitrogen and oxygen atoms in total. The number of hydrogen-bond acceptors (Lipinski definition) is 1. The highest BCUT2D eigenvalue weighted by Gasteiger charge is 2.12. The minimum absolute atomic E-state index is 0.168. The van der Waals surface area contributed by atoms with Gasteiger partial charge < -0.3 is 10.5 Å². The molecular weight excluding hydrogens is 222 g/mol. The second-order valence-corrected chi connectivity index (χ2v) is 4.47. The lowest BCUT2D eigenvalue weighted by molar-refractivity contribution is -0.411. The molecular formula is C16H20NO+. The van der Waals surface area contributed by atoms with Crippen molar-refractivity contribution in [3.05, 3.63) is 65.2 Å². The van der Waals surface area contributed by atoms with E-state index in [0.29, 0.717) is 6.61 Å². The van der Waals surface area contributed by atoms with Crippen LogP contribution in [0.15, 0.2) is 48.5 Å². The van der Waals surface area contributed by atoms with E-state index in [-0.39, 0.29) is 6.04 Å². The van der Waals surface area contributed by atoms with Crippen molar-refractivity contribution in [2.45, 2.75) is 19.9 Å². The molecule has 1 atom stereocenters. The number of hydrogen-bond donors (Lipinski definition) is 1. The highest BCUT2D eigenvalue weighted by molar-refractivity contribution is 5.34. The van der Waals surface area contributed by atoms with Crippen molar-refractivity contribution in [2.24, 2.45) is 0 Å². The molecule has 0 aliphatic heterocycles. The molecule has 0 aliphatic carbocycles. The lowest BCUT2D eigenvalue weighted by Crippen LogP contribution is -2.53. The molecule has 0 amide bonds. The monoisotopic (exact) mass is 242 g/mol. The van der Waals surface area contributed by atoms with E-state index in [0.717, 1.165) is 5.75 Å². The molecule has 94 valence electrons. The third-order valence-electron chi connectivity index (χ3n) is 3.07. The Balaban J connectivity index is 2.17. The first-order chi connectivity index (χ1) is 8.70. The second kappa shape index (κ2) is 5.69. The van der Waals surface area contributed by atoms with Crippen molar-refractivity contribution in [3.8, 4) is 5.75 Å². The van der Waals surface area contributed by atoms with Crippen LogP contribution in [0.1, 0.15) is 29.7 Å². The van der Waals surface area contributed by atoms with Crippen LogP contribution in [-0.2, 0) is 0 Å². The minimum atomic E-state index is 0.168. The van der Waals surface area contributed by atoms with Crippen molar-refractivity contribution in [3.63, 3.8) is 0 Å². The molecule has 0 bridgehead atoms. The zero-order valence-corrected chi connectivity index (χ0v) is 11.0. The second-order valence-electron chi connectivity index (χ2n) is 4.47. The fourth-order valence-electron chi connectivity index (χ4n) is 1.95. The first-order valence-corrected chi connectivity index (χ1v) is 6.33. The lowest BCUT2D eigenvalue weighted by Gasteiger charge is -2.10. The fourth-order valence-corrected chi connectivity index (χ4v) is 1.95. The summed E-state index contributed by atoms with van der Waals surface area (Å²) in [5, 5.41) is 0. The third-order valence-corrected chi connectivity index (χ3v) is 3.07. The number of ether oxygens (including phenoxy) is 1. The molecule has 0 saturated carbocycles. The minimum Gasteiger partial charge on any atom is -0.494 e. The Labute approximate surface area is 108 Å². The third kappa shape index (κ3) is 2.90. The highest BCUT2D eigenvalue weighted by Crippen LogP contribution is 2.21. The Morgan fingerprint density at radius 2 is 1.44 bits per heavy atom. The predicted octanol–water partition coefficient (Wildman–Crippen LogP) is 2.73. The summed E-state index contributed by atoms with van der Waals surface area (Å²) in [5.41, 5.74) is 7.97. The molecule has 2 rings (SSSR count). The summed E-state index contributed by atoms with van der Waals surface area (Å²) in [6, 6.07) is 16.9. The number of benzene rings is 2. The zero-order valence-electron chi connectivity index (χ0n) is 11.0. The van der Waals surface area contributed by atoms with E-state index in [1.807, 2.05) is 19.1 Å². The summed E-state index contributed by atoms with van der Waals surface area (Å²) in [5.74, 6) is 0.914. The van der Waals surface area contributed by atoms with Gasteiger partial charge in [-0.2, -0.15) is 0 Å². The Hall–Kier alpha value is -1.80. The van der Waals surface area contributed by atoms with Gasteiger partial charge in [-0.1, -0.05) is 29.8 Å². The first kappa shape index (κ1) is 12.7. The van der Waals surface area contributed by atoms with Crippen LogP contribution in [0.3, 0.4) is 0 Å². The topological polar surface area (TPSA) is 36.9 Å². The summed E-state index contributed by atoms with van der Waals surface area (Å²) >= 11 is 0. The quantitative estimate of drug-likeness (QED) is 0.879. The van der Waals surface area contributed by atoms with Gasteiger partial charge in [0, 0.05) is 11.1 Å². The molecule has 0 fully saturated rings. The summed E-state index contributed by atoms with van der Waals surface area (Å²) in [4.78, 5) is 0. The Morgan fingerprint density at radius 3 is 1.94 bits per heavy atom. The predicted molar refractivity (Wildman–Crippen MR) is 73.5 cm³/mol. The average Bonchev–Trinajstić information content (AvgIpc) is 2.40. The molecule has 0 saturated heterocycles. The van der Waals surface area contributed by atoms with Gasteiger partial charge in [0.2, 0.25) is 0 Å². The molecule has 0 heterocycles. The Kier molecular flexibility index (Phi) is 4.00. The van der Waals surface area contributed by atoms with Crippen LogP contribution in [0.25, 0.3) is 0 Å². The molecule has 18 heavy (non-hydrogen) atoms. The molecule has 0 radical (unpaired) electrons. The maximum absolute atomic E-state index is 5.44. The van der Waals surface area contributed by atoms with Crippen LogP contribution in [-0.4, -0.2) is 6.61 Å². The summed E-state index contributed by atoms with van der Waals surface area (Å²) in [6.07, 6.45) is 0. The first-order valence-electron chi connectivity index (χ1n) is 6.33. The number of quaternary nitrogens is 1. The van der Waals surface area contributed by atoms with Gasteiger partial charge in [-0.3, -0.25) is 0 Å². The van der Waals surface area contributed by atoms with Gasteiger partial charge in [-0.05, 0) is 38.1 Å². The summed E-state index contributed by atoms with van der Waals surface area (Å²) < 4.78 is 5.44. The van der Waals surface area contributed by atoms with E-state index in [1.54, 1.807) is 0 Å². The van der Waals surface area contributed by atoms with Gasteiger partial charge in [0.25, 0.3) is 0 Å². The van der Waals surface area contributed by atoms with E-state index >= 15 is 0 Å². The molecule has 0 aliphatic rings. The van der Waals surface area contributed by atoms with Crippen LogP contribution in [0.2, 0.25) is 0 Å². The van der Waals surface area contributed by atoms with Crippen molar-refractivity contribution < 1.29 is 10.5 Å². The maximum Gasteiger partial charge on any atom is 0.136 e. The largest absolute Gasteiger partial charge is 0.494 e. The van der Waals surface area contributed by atoms with Gasteiger partial charge >= 0.3 is 0 Å². The van der Waals surface area contributed by atoms with Gasteiger partial charge in [0.05, 0.1) is 6.61 Å². The standard InChI is InChI=1S/C16H19NO/c1-3-18-15-10-8-14(9-11-15)16(17)13-6-4-12(2)5-7-13/h4-11,16H,3,17H2,1-2H3/p+1/t16-/m1/s1. The fraction of sp³-hybridized carbons (Fsp3) is 0.250. The van der Waals surface area contributed by atoms with Crippen molar-refractivity contribution >= 4 is 0 Å². The highest BCUT2D eigenvalue weighted by atomic mass is 16.5. The van der Waals surface area contributed by atoms with Gasteiger partial charge in [0.1, 0.15) is 11.8 Å². The van der Waals surface area contributed by atoms with Crippen LogP contribution in [0.5, 0.6) is 5.75 Å². The van der Waals surface area contributed by atoms with E-state index < -0.39 is 0 Å². The Morgan fingerprint density at radius 1 is 0.944 bits per heavy atom. The lowest BCUT2D eigenvalue weighted by atomic mass is 9.99. The average molecular weight is 242 g/mol. The van der Waals surface area contributed by atoms with Gasteiger partial charge in [0.15, 0.2) is 0 Å². The smallest absolute Gasteiger partial charge is 0.136 e. The normalized spacial score (nSPS) is 12.2. The molecule has 2 aromatic carbocycles. The maximum atomic E-state index is 5.44. The van der Waals surface area contributed by atoms with Crippen LogP contribution >= 0.6 is 0 Å². The molecule has 0 unspecified atom stereocenters. The molecule has 2 heteroatoms. The number of aryl methyl sites for hydroxylation is 1. The summed E-state index contributed by atoms with van der Waals surface area (Å²) in [7, 11) is 0. The van der Waals surface area contributed by atoms with Crippen LogP contribution in [0, 0.1) is 6.92 Å². The Bertz CT molecular complexity index is 488. The van der Waals surface area contributed by atoms with Crippen LogP contribution in [0.4, 0.5) is 0 Å². The number of rotatable bonds is 4. The van der Waals surface area contributed by atoms with Crippen molar-refractivity contribution in [2.75, 3.05) is 6.61 Å². The summed E-state index contributed by atoms with van der Waals surface area (Å²) in [6.45, 7) is 4.79. The van der Waals surface area contributed by atoms with Gasteiger partial charge in [-0.25, -0.2) is 0 Å². The van der Waals surface area contributed by atoms with E-state index in [1.165, 1.54) is 16.7 Å². The molecule has 0 aromatic heterocycles. The van der Waals surface area contributed by atoms with E-state index in [2.05, 4.69) is 49.1 Å². The van der Waals surface area contributed by atoms with E-state index in [4.69, 9.17) is 4.74 Å². The van der Waals surface area contributed by atoms with E-state index in [9.17, 15) is 0 Å². The zero-order chi connectivity index (χ0) is 13.0. The van der Waals surface area contributed by atoms with Crippen LogP contribution < -0.4 is 10.5 Å². The molecule has 3 N–H and O–H groups in total.